The van der Waals surface area contributed by atoms with Gasteiger partial charge in [0, 0.05) is 0 Å². The standard InChI is InChI=1S/C10H17O/c1-10(2)8-6-4-3-5-7-9-11/h5,7,10H,3-4,6,8H2,1-2H3/b7-5+. The largest absolute Gasteiger partial charge is 0.286 e. The van der Waals surface area contributed by atoms with E-state index in [4.69, 9.17) is 0 Å². The molecule has 0 unspecified atom stereocenters. The number of allylic oxidation sites excluding steroid dienone is 2. The van der Waals surface area contributed by atoms with Gasteiger partial charge in [-0.05, 0) is 24.8 Å². The Labute approximate surface area is 69.5 Å². The molecule has 0 amide bonds. The Morgan fingerprint density at radius 3 is 2.64 bits per heavy atom. The Hall–Kier alpha value is -0.590. The van der Waals surface area contributed by atoms with Crippen molar-refractivity contribution < 1.29 is 4.79 Å². The van der Waals surface area contributed by atoms with Crippen molar-refractivity contribution in [2.75, 3.05) is 0 Å². The first kappa shape index (κ1) is 10.4. The van der Waals surface area contributed by atoms with Gasteiger partial charge in [-0.15, -0.1) is 0 Å². The van der Waals surface area contributed by atoms with Crippen LogP contribution in [0.25, 0.3) is 0 Å². The Balaban J connectivity index is 3.02. The van der Waals surface area contributed by atoms with Gasteiger partial charge < -0.3 is 0 Å². The Kier molecular flexibility index (Phi) is 7.11. The number of hydrogen-bond acceptors (Lipinski definition) is 1. The Bertz CT molecular complexity index is 114. The smallest absolute Gasteiger partial charge is 0.225 e. The first-order valence-electron chi connectivity index (χ1n) is 4.30. The summed E-state index contributed by atoms with van der Waals surface area (Å²) in [6, 6.07) is 0. The maximum absolute atomic E-state index is 9.73. The summed E-state index contributed by atoms with van der Waals surface area (Å²) < 4.78 is 0. The fraction of sp³-hybridized carbons (Fsp3) is 0.700. The van der Waals surface area contributed by atoms with E-state index in [0.29, 0.717) is 0 Å². The molecule has 0 saturated carbocycles. The van der Waals surface area contributed by atoms with Gasteiger partial charge in [-0.1, -0.05) is 32.8 Å². The lowest BCUT2D eigenvalue weighted by atomic mass is 10.1. The van der Waals surface area contributed by atoms with E-state index in [-0.39, 0.29) is 0 Å². The predicted octanol–water partition coefficient (Wildman–Crippen LogP) is 2.87. The van der Waals surface area contributed by atoms with E-state index < -0.39 is 0 Å². The molecule has 63 valence electrons. The van der Waals surface area contributed by atoms with E-state index in [1.165, 1.54) is 25.3 Å². The highest BCUT2D eigenvalue weighted by Gasteiger charge is 1.91. The average molecular weight is 153 g/mol. The molecule has 0 spiro atoms. The van der Waals surface area contributed by atoms with Crippen LogP contribution in [0.2, 0.25) is 0 Å². The Morgan fingerprint density at radius 1 is 1.36 bits per heavy atom. The molecular formula is C10H17O. The molecule has 1 nitrogen and oxygen atoms in total. The maximum atomic E-state index is 9.73. The van der Waals surface area contributed by atoms with Crippen LogP contribution in [0.1, 0.15) is 39.5 Å². The molecule has 0 aromatic heterocycles. The minimum absolute atomic E-state index is 0.802. The molecule has 0 aromatic carbocycles. The van der Waals surface area contributed by atoms with E-state index in [0.717, 1.165) is 12.3 Å². The van der Waals surface area contributed by atoms with Crippen molar-refractivity contribution in [1.29, 1.82) is 0 Å². The van der Waals surface area contributed by atoms with Crippen LogP contribution in [-0.2, 0) is 4.79 Å². The van der Waals surface area contributed by atoms with Gasteiger partial charge >= 0.3 is 0 Å². The lowest BCUT2D eigenvalue weighted by Gasteiger charge is -2.01. The summed E-state index contributed by atoms with van der Waals surface area (Å²) in [5.74, 6) is 0.802. The zero-order chi connectivity index (χ0) is 8.53. The van der Waals surface area contributed by atoms with Crippen molar-refractivity contribution in [1.82, 2.24) is 0 Å². The van der Waals surface area contributed by atoms with Crippen molar-refractivity contribution >= 4 is 6.29 Å². The topological polar surface area (TPSA) is 17.1 Å². The zero-order valence-electron chi connectivity index (χ0n) is 7.47. The zero-order valence-corrected chi connectivity index (χ0v) is 7.47. The second kappa shape index (κ2) is 7.52. The fourth-order valence-electron chi connectivity index (χ4n) is 0.946. The molecule has 0 bridgehead atoms. The molecule has 0 N–H and O–H groups in total. The summed E-state index contributed by atoms with van der Waals surface area (Å²) in [7, 11) is 0. The van der Waals surface area contributed by atoms with Crippen LogP contribution in [0.15, 0.2) is 12.2 Å². The quantitative estimate of drug-likeness (QED) is 0.423. The van der Waals surface area contributed by atoms with Crippen LogP contribution >= 0.6 is 0 Å². The van der Waals surface area contributed by atoms with Gasteiger partial charge in [0.25, 0.3) is 0 Å². The molecule has 1 radical (unpaired) electrons. The molecule has 0 saturated heterocycles. The minimum atomic E-state index is 0.802. The summed E-state index contributed by atoms with van der Waals surface area (Å²) in [5, 5.41) is 0. The van der Waals surface area contributed by atoms with E-state index in [2.05, 4.69) is 13.8 Å². The Morgan fingerprint density at radius 2 is 2.09 bits per heavy atom. The van der Waals surface area contributed by atoms with Crippen LogP contribution in [0.5, 0.6) is 0 Å². The summed E-state index contributed by atoms with van der Waals surface area (Å²) in [5.41, 5.74) is 0. The minimum Gasteiger partial charge on any atom is -0.286 e. The number of rotatable bonds is 6. The van der Waals surface area contributed by atoms with Gasteiger partial charge in [0.1, 0.15) is 0 Å². The van der Waals surface area contributed by atoms with Gasteiger partial charge in [0.15, 0.2) is 0 Å². The summed E-state index contributed by atoms with van der Waals surface area (Å²) in [6.07, 6.45) is 9.83. The molecule has 0 aromatic rings. The lowest BCUT2D eigenvalue weighted by molar-refractivity contribution is 0.540. The number of unbranched alkanes of at least 4 members (excludes halogenated alkanes) is 2. The maximum Gasteiger partial charge on any atom is 0.225 e. The average Bonchev–Trinajstić information content (AvgIpc) is 1.96. The normalized spacial score (nSPS) is 11.2. The number of carbonyl (C=O) groups excluding carboxylic acids is 1. The monoisotopic (exact) mass is 153 g/mol. The van der Waals surface area contributed by atoms with E-state index in [1.807, 2.05) is 6.08 Å². The van der Waals surface area contributed by atoms with Crippen molar-refractivity contribution in [3.8, 4) is 0 Å². The van der Waals surface area contributed by atoms with E-state index in [9.17, 15) is 4.79 Å². The van der Waals surface area contributed by atoms with Gasteiger partial charge in [-0.25, -0.2) is 0 Å². The molecule has 1 heteroatoms. The predicted molar refractivity (Wildman–Crippen MR) is 48.1 cm³/mol. The molecule has 0 rings (SSSR count). The van der Waals surface area contributed by atoms with Crippen LogP contribution in [-0.4, -0.2) is 6.29 Å². The summed E-state index contributed by atoms with van der Waals surface area (Å²) >= 11 is 0. The molecule has 0 fully saturated rings. The first-order valence-corrected chi connectivity index (χ1v) is 4.30. The summed E-state index contributed by atoms with van der Waals surface area (Å²) in [6.45, 7) is 4.46. The van der Waals surface area contributed by atoms with Crippen molar-refractivity contribution in [2.24, 2.45) is 5.92 Å². The third kappa shape index (κ3) is 9.41. The third-order valence-electron chi connectivity index (χ3n) is 1.59. The van der Waals surface area contributed by atoms with Crippen LogP contribution in [0.4, 0.5) is 0 Å². The van der Waals surface area contributed by atoms with Gasteiger partial charge in [-0.2, -0.15) is 0 Å². The van der Waals surface area contributed by atoms with Crippen molar-refractivity contribution in [3.63, 3.8) is 0 Å². The highest BCUT2D eigenvalue weighted by Crippen LogP contribution is 2.07. The van der Waals surface area contributed by atoms with Gasteiger partial charge in [-0.3, -0.25) is 4.79 Å². The molecule has 11 heavy (non-hydrogen) atoms. The first-order chi connectivity index (χ1) is 5.27. The fourth-order valence-corrected chi connectivity index (χ4v) is 0.946. The van der Waals surface area contributed by atoms with Gasteiger partial charge in [0.05, 0.1) is 0 Å². The van der Waals surface area contributed by atoms with Crippen LogP contribution in [0.3, 0.4) is 0 Å². The highest BCUT2D eigenvalue weighted by atomic mass is 16.1. The summed E-state index contributed by atoms with van der Waals surface area (Å²) in [4.78, 5) is 9.73. The van der Waals surface area contributed by atoms with Crippen LogP contribution < -0.4 is 0 Å². The molecular weight excluding hydrogens is 136 g/mol. The lowest BCUT2D eigenvalue weighted by Crippen LogP contribution is -1.85. The van der Waals surface area contributed by atoms with E-state index in [1.54, 1.807) is 6.29 Å². The second-order valence-electron chi connectivity index (χ2n) is 3.20. The van der Waals surface area contributed by atoms with E-state index >= 15 is 0 Å². The van der Waals surface area contributed by atoms with Crippen molar-refractivity contribution in [3.05, 3.63) is 12.2 Å². The highest BCUT2D eigenvalue weighted by molar-refractivity contribution is 5.65. The SMILES string of the molecule is CC(C)CCCC/C=C/[C]=O. The number of hydrogen-bond donors (Lipinski definition) is 0. The molecule has 0 heterocycles. The molecule has 0 aliphatic carbocycles. The molecule has 0 atom stereocenters. The molecule has 0 aliphatic heterocycles. The van der Waals surface area contributed by atoms with Crippen LogP contribution in [0, 0.1) is 5.92 Å². The van der Waals surface area contributed by atoms with Gasteiger partial charge in [0.2, 0.25) is 6.29 Å². The van der Waals surface area contributed by atoms with Crippen molar-refractivity contribution in [2.45, 2.75) is 39.5 Å². The second-order valence-corrected chi connectivity index (χ2v) is 3.20. The third-order valence-corrected chi connectivity index (χ3v) is 1.59. The molecule has 0 aliphatic rings.